The van der Waals surface area contributed by atoms with Crippen LogP contribution >= 0.6 is 0 Å². The zero-order valence-electron chi connectivity index (χ0n) is 5.90. The Morgan fingerprint density at radius 3 is 3.00 bits per heavy atom. The molecule has 0 N–H and O–H groups in total. The Morgan fingerprint density at radius 1 is 1.20 bits per heavy atom. The topological polar surface area (TPSA) is 12.4 Å². The van der Waals surface area contributed by atoms with Crippen molar-refractivity contribution in [2.24, 2.45) is 28.7 Å². The van der Waals surface area contributed by atoms with Crippen LogP contribution in [0, 0.1) is 23.7 Å². The van der Waals surface area contributed by atoms with Gasteiger partial charge in [0.2, 0.25) is 0 Å². The Balaban J connectivity index is 2.04. The van der Waals surface area contributed by atoms with Crippen molar-refractivity contribution in [2.45, 2.75) is 6.42 Å². The van der Waals surface area contributed by atoms with Crippen LogP contribution in [0.25, 0.3) is 0 Å². The summed E-state index contributed by atoms with van der Waals surface area (Å²) in [6.45, 7) is 1.11. The Labute approximate surface area is 60.8 Å². The highest BCUT2D eigenvalue weighted by Gasteiger charge is 2.45. The maximum Gasteiger partial charge on any atom is 0.0425 e. The van der Waals surface area contributed by atoms with Gasteiger partial charge in [-0.25, -0.2) is 0 Å². The molecule has 1 heterocycles. The number of hydrogen-bond donors (Lipinski definition) is 0. The average molecular weight is 133 g/mol. The van der Waals surface area contributed by atoms with Gasteiger partial charge in [-0.2, -0.15) is 0 Å². The molecule has 1 nitrogen and oxygen atoms in total. The number of fused-ring (bicyclic) bond motifs is 5. The summed E-state index contributed by atoms with van der Waals surface area (Å²) in [6, 6.07) is 0. The van der Waals surface area contributed by atoms with Gasteiger partial charge in [0.05, 0.1) is 0 Å². The normalized spacial score (nSPS) is 54.4. The van der Waals surface area contributed by atoms with Crippen LogP contribution in [0.3, 0.4) is 0 Å². The fourth-order valence-corrected chi connectivity index (χ4v) is 2.75. The van der Waals surface area contributed by atoms with Gasteiger partial charge in [0, 0.05) is 18.7 Å². The van der Waals surface area contributed by atoms with Gasteiger partial charge in [-0.3, -0.25) is 4.99 Å². The molecule has 0 aromatic heterocycles. The van der Waals surface area contributed by atoms with E-state index in [2.05, 4.69) is 23.4 Å². The van der Waals surface area contributed by atoms with Gasteiger partial charge in [0.25, 0.3) is 0 Å². The Hall–Kier alpha value is -0.590. The second kappa shape index (κ2) is 1.52. The van der Waals surface area contributed by atoms with E-state index in [-0.39, 0.29) is 0 Å². The van der Waals surface area contributed by atoms with Crippen molar-refractivity contribution < 1.29 is 0 Å². The van der Waals surface area contributed by atoms with Crippen LogP contribution in [0.4, 0.5) is 0 Å². The fraction of sp³-hybridized carbons (Fsp3) is 0.667. The highest BCUT2D eigenvalue weighted by Crippen LogP contribution is 2.48. The number of aliphatic imine (C=N–C) groups is 1. The molecule has 4 atom stereocenters. The predicted octanol–water partition coefficient (Wildman–Crippen LogP) is 1.51. The van der Waals surface area contributed by atoms with E-state index in [4.69, 9.17) is 0 Å². The lowest BCUT2D eigenvalue weighted by molar-refractivity contribution is 0.431. The summed E-state index contributed by atoms with van der Waals surface area (Å²) in [5, 5.41) is 0. The number of rotatable bonds is 0. The van der Waals surface area contributed by atoms with E-state index in [0.29, 0.717) is 0 Å². The first-order chi connectivity index (χ1) is 4.95. The minimum absolute atomic E-state index is 0.829. The first-order valence-corrected chi connectivity index (χ1v) is 4.13. The van der Waals surface area contributed by atoms with Crippen molar-refractivity contribution in [1.29, 1.82) is 0 Å². The summed E-state index contributed by atoms with van der Waals surface area (Å²) in [4.78, 5) is 4.34. The highest BCUT2D eigenvalue weighted by molar-refractivity contribution is 5.66. The van der Waals surface area contributed by atoms with Crippen LogP contribution in [-0.2, 0) is 0 Å². The SMILES string of the molecule is C1=CC2CC1C1C=NCC21. The fourth-order valence-electron chi connectivity index (χ4n) is 2.75. The molecule has 1 saturated carbocycles. The summed E-state index contributed by atoms with van der Waals surface area (Å²) >= 11 is 0. The van der Waals surface area contributed by atoms with E-state index in [9.17, 15) is 0 Å². The maximum absolute atomic E-state index is 4.34. The van der Waals surface area contributed by atoms with Crippen LogP contribution in [-0.4, -0.2) is 12.8 Å². The lowest BCUT2D eigenvalue weighted by Crippen LogP contribution is -2.17. The smallest absolute Gasteiger partial charge is 0.0425 e. The zero-order valence-corrected chi connectivity index (χ0v) is 5.90. The van der Waals surface area contributed by atoms with Gasteiger partial charge < -0.3 is 0 Å². The summed E-state index contributed by atoms with van der Waals surface area (Å²) in [5.74, 6) is 3.48. The molecule has 3 aliphatic rings. The minimum atomic E-state index is 0.829. The van der Waals surface area contributed by atoms with Gasteiger partial charge in [-0.1, -0.05) is 12.2 Å². The molecular weight excluding hydrogens is 122 g/mol. The van der Waals surface area contributed by atoms with Crippen LogP contribution in [0.5, 0.6) is 0 Å². The second-order valence-electron chi connectivity index (χ2n) is 3.70. The molecule has 4 unspecified atom stereocenters. The van der Waals surface area contributed by atoms with Gasteiger partial charge >= 0.3 is 0 Å². The van der Waals surface area contributed by atoms with Crippen LogP contribution < -0.4 is 0 Å². The first-order valence-electron chi connectivity index (χ1n) is 4.13. The van der Waals surface area contributed by atoms with Gasteiger partial charge in [0.1, 0.15) is 0 Å². The summed E-state index contributed by atoms with van der Waals surface area (Å²) in [7, 11) is 0. The van der Waals surface area contributed by atoms with Crippen LogP contribution in [0.1, 0.15) is 6.42 Å². The van der Waals surface area contributed by atoms with Crippen molar-refractivity contribution >= 4 is 6.21 Å². The van der Waals surface area contributed by atoms with E-state index in [0.717, 1.165) is 30.2 Å². The Morgan fingerprint density at radius 2 is 2.10 bits per heavy atom. The summed E-state index contributed by atoms with van der Waals surface area (Å²) in [5.41, 5.74) is 0. The van der Waals surface area contributed by atoms with E-state index < -0.39 is 0 Å². The van der Waals surface area contributed by atoms with E-state index in [1.54, 1.807) is 0 Å². The second-order valence-corrected chi connectivity index (χ2v) is 3.70. The molecule has 3 rings (SSSR count). The maximum atomic E-state index is 4.34. The molecule has 1 fully saturated rings. The number of hydrogen-bond acceptors (Lipinski definition) is 1. The molecule has 52 valence electrons. The Bertz CT molecular complexity index is 217. The predicted molar refractivity (Wildman–Crippen MR) is 41.1 cm³/mol. The van der Waals surface area contributed by atoms with Crippen molar-refractivity contribution in [2.75, 3.05) is 6.54 Å². The first kappa shape index (κ1) is 5.11. The third kappa shape index (κ3) is 0.437. The molecule has 10 heavy (non-hydrogen) atoms. The molecule has 0 amide bonds. The quantitative estimate of drug-likeness (QED) is 0.444. The van der Waals surface area contributed by atoms with Gasteiger partial charge in [0.15, 0.2) is 0 Å². The summed E-state index contributed by atoms with van der Waals surface area (Å²) < 4.78 is 0. The molecule has 0 aromatic carbocycles. The minimum Gasteiger partial charge on any atom is -0.297 e. The molecule has 0 saturated heterocycles. The van der Waals surface area contributed by atoms with Crippen LogP contribution in [0.15, 0.2) is 17.1 Å². The van der Waals surface area contributed by atoms with Crippen molar-refractivity contribution in [1.82, 2.24) is 0 Å². The van der Waals surface area contributed by atoms with Gasteiger partial charge in [-0.05, 0) is 24.2 Å². The third-order valence-corrected chi connectivity index (χ3v) is 3.28. The average Bonchev–Trinajstić information content (AvgIpc) is 2.60. The van der Waals surface area contributed by atoms with E-state index >= 15 is 0 Å². The van der Waals surface area contributed by atoms with Crippen molar-refractivity contribution in [3.8, 4) is 0 Å². The standard InChI is InChI=1S/C9H11N/c1-2-7-3-6(1)8-4-10-5-9(7)8/h1-2,4,6-9H,3,5H2. The number of nitrogens with zero attached hydrogens (tertiary/aromatic N) is 1. The van der Waals surface area contributed by atoms with E-state index in [1.165, 1.54) is 6.42 Å². The third-order valence-electron chi connectivity index (χ3n) is 3.28. The highest BCUT2D eigenvalue weighted by atomic mass is 14.8. The largest absolute Gasteiger partial charge is 0.297 e. The van der Waals surface area contributed by atoms with Gasteiger partial charge in [-0.15, -0.1) is 0 Å². The summed E-state index contributed by atoms with van der Waals surface area (Å²) in [6.07, 6.45) is 8.41. The van der Waals surface area contributed by atoms with Crippen LogP contribution in [0.2, 0.25) is 0 Å². The molecule has 0 radical (unpaired) electrons. The van der Waals surface area contributed by atoms with Crippen molar-refractivity contribution in [3.05, 3.63) is 12.2 Å². The monoisotopic (exact) mass is 133 g/mol. The zero-order chi connectivity index (χ0) is 6.55. The molecule has 1 heteroatoms. The Kier molecular flexibility index (Phi) is 0.779. The molecule has 2 aliphatic carbocycles. The molecule has 2 bridgehead atoms. The molecule has 0 aromatic rings. The molecule has 0 spiro atoms. The molecule has 1 aliphatic heterocycles. The lowest BCUT2D eigenvalue weighted by Gasteiger charge is -2.17. The van der Waals surface area contributed by atoms with Crippen molar-refractivity contribution in [3.63, 3.8) is 0 Å². The number of allylic oxidation sites excluding steroid dienone is 2. The lowest BCUT2D eigenvalue weighted by atomic mass is 9.86. The molecular formula is C9H11N. The van der Waals surface area contributed by atoms with E-state index in [1.807, 2.05) is 0 Å².